The number of rotatable bonds is 3. The van der Waals surface area contributed by atoms with Gasteiger partial charge in [0.2, 0.25) is 0 Å². The van der Waals surface area contributed by atoms with Gasteiger partial charge in [0.1, 0.15) is 0 Å². The molecule has 0 aromatic carbocycles. The largest absolute Gasteiger partial charge is 0.385 e. The van der Waals surface area contributed by atoms with Crippen molar-refractivity contribution in [2.45, 2.75) is 20.8 Å². The fraction of sp³-hybridized carbons (Fsp3) is 0.556. The SMILES string of the molecule is C=CC(=C)NCC(C)(C)C. The van der Waals surface area contributed by atoms with Gasteiger partial charge in [0, 0.05) is 12.2 Å². The van der Waals surface area contributed by atoms with Gasteiger partial charge in [-0.1, -0.05) is 33.9 Å². The van der Waals surface area contributed by atoms with Crippen LogP contribution in [0.25, 0.3) is 0 Å². The van der Waals surface area contributed by atoms with Crippen LogP contribution in [0.3, 0.4) is 0 Å². The summed E-state index contributed by atoms with van der Waals surface area (Å²) in [5.41, 5.74) is 1.21. The van der Waals surface area contributed by atoms with Crippen LogP contribution in [0.5, 0.6) is 0 Å². The summed E-state index contributed by atoms with van der Waals surface area (Å²) in [6.45, 7) is 14.8. The minimum absolute atomic E-state index is 0.311. The molecule has 0 aliphatic rings. The van der Waals surface area contributed by atoms with Gasteiger partial charge in [-0.05, 0) is 11.5 Å². The molecule has 0 radical (unpaired) electrons. The normalized spacial score (nSPS) is 10.7. The molecule has 0 unspecified atom stereocenters. The molecule has 0 aliphatic heterocycles. The van der Waals surface area contributed by atoms with Crippen molar-refractivity contribution < 1.29 is 0 Å². The summed E-state index contributed by atoms with van der Waals surface area (Å²) in [6, 6.07) is 0. The van der Waals surface area contributed by atoms with Crippen LogP contribution in [0.1, 0.15) is 20.8 Å². The molecule has 0 saturated carbocycles. The van der Waals surface area contributed by atoms with E-state index < -0.39 is 0 Å². The lowest BCUT2D eigenvalue weighted by Crippen LogP contribution is -2.25. The molecule has 0 atom stereocenters. The molecule has 0 saturated heterocycles. The molecule has 10 heavy (non-hydrogen) atoms. The number of hydrogen-bond acceptors (Lipinski definition) is 1. The van der Waals surface area contributed by atoms with Gasteiger partial charge in [-0.15, -0.1) is 0 Å². The first-order chi connectivity index (χ1) is 4.45. The van der Waals surface area contributed by atoms with E-state index in [-0.39, 0.29) is 0 Å². The molecule has 0 spiro atoms. The highest BCUT2D eigenvalue weighted by Crippen LogP contribution is 2.10. The van der Waals surface area contributed by atoms with Gasteiger partial charge in [0.05, 0.1) is 0 Å². The summed E-state index contributed by atoms with van der Waals surface area (Å²) < 4.78 is 0. The summed E-state index contributed by atoms with van der Waals surface area (Å²) in [7, 11) is 0. The van der Waals surface area contributed by atoms with Crippen molar-refractivity contribution in [1.82, 2.24) is 5.32 Å². The highest BCUT2D eigenvalue weighted by Gasteiger charge is 2.08. The fourth-order valence-electron chi connectivity index (χ4n) is 0.451. The minimum Gasteiger partial charge on any atom is -0.385 e. The van der Waals surface area contributed by atoms with Gasteiger partial charge in [0.15, 0.2) is 0 Å². The Bertz CT molecular complexity index is 128. The van der Waals surface area contributed by atoms with Crippen molar-refractivity contribution in [2.75, 3.05) is 6.54 Å². The number of nitrogens with one attached hydrogen (secondary N) is 1. The molecular formula is C9H17N. The van der Waals surface area contributed by atoms with Crippen LogP contribution in [-0.4, -0.2) is 6.54 Å². The van der Waals surface area contributed by atoms with Crippen LogP contribution >= 0.6 is 0 Å². The van der Waals surface area contributed by atoms with Crippen LogP contribution in [0, 0.1) is 5.41 Å². The molecule has 1 N–H and O–H groups in total. The molecule has 0 aromatic heterocycles. The first-order valence-corrected chi connectivity index (χ1v) is 3.51. The predicted molar refractivity (Wildman–Crippen MR) is 46.8 cm³/mol. The van der Waals surface area contributed by atoms with Gasteiger partial charge in [-0.25, -0.2) is 0 Å². The number of hydrogen-bond donors (Lipinski definition) is 1. The van der Waals surface area contributed by atoms with E-state index in [9.17, 15) is 0 Å². The van der Waals surface area contributed by atoms with Crippen LogP contribution in [0.15, 0.2) is 24.9 Å². The second-order valence-corrected chi connectivity index (χ2v) is 3.64. The monoisotopic (exact) mass is 139 g/mol. The first kappa shape index (κ1) is 9.28. The lowest BCUT2D eigenvalue weighted by Gasteiger charge is -2.19. The van der Waals surface area contributed by atoms with Gasteiger partial charge in [-0.2, -0.15) is 0 Å². The Morgan fingerprint density at radius 2 is 2.00 bits per heavy atom. The maximum atomic E-state index is 3.75. The van der Waals surface area contributed by atoms with Crippen molar-refractivity contribution in [3.63, 3.8) is 0 Å². The molecule has 1 nitrogen and oxygen atoms in total. The lowest BCUT2D eigenvalue weighted by molar-refractivity contribution is 0.399. The average molecular weight is 139 g/mol. The third kappa shape index (κ3) is 5.42. The molecule has 0 amide bonds. The average Bonchev–Trinajstić information content (AvgIpc) is 1.81. The summed E-state index contributed by atoms with van der Waals surface area (Å²) >= 11 is 0. The molecule has 0 heterocycles. The minimum atomic E-state index is 0.311. The quantitative estimate of drug-likeness (QED) is 0.592. The Morgan fingerprint density at radius 3 is 2.30 bits per heavy atom. The van der Waals surface area contributed by atoms with Crippen molar-refractivity contribution in [2.24, 2.45) is 5.41 Å². The van der Waals surface area contributed by atoms with Crippen LogP contribution in [-0.2, 0) is 0 Å². The predicted octanol–water partition coefficient (Wildman–Crippen LogP) is 2.32. The van der Waals surface area contributed by atoms with E-state index in [2.05, 4.69) is 39.2 Å². The topological polar surface area (TPSA) is 12.0 Å². The smallest absolute Gasteiger partial charge is 0.0261 e. The summed E-state index contributed by atoms with van der Waals surface area (Å²) in [5.74, 6) is 0. The van der Waals surface area contributed by atoms with Crippen LogP contribution in [0.4, 0.5) is 0 Å². The van der Waals surface area contributed by atoms with E-state index in [0.29, 0.717) is 5.41 Å². The maximum Gasteiger partial charge on any atom is 0.0261 e. The fourth-order valence-corrected chi connectivity index (χ4v) is 0.451. The van der Waals surface area contributed by atoms with Gasteiger partial charge >= 0.3 is 0 Å². The molecule has 0 aromatic rings. The van der Waals surface area contributed by atoms with Crippen molar-refractivity contribution in [1.29, 1.82) is 0 Å². The first-order valence-electron chi connectivity index (χ1n) is 3.51. The van der Waals surface area contributed by atoms with E-state index in [0.717, 1.165) is 12.2 Å². The molecule has 0 rings (SSSR count). The summed E-state index contributed by atoms with van der Waals surface area (Å²) in [5, 5.41) is 3.16. The molecule has 0 aliphatic carbocycles. The molecule has 58 valence electrons. The summed E-state index contributed by atoms with van der Waals surface area (Å²) in [6.07, 6.45) is 1.73. The lowest BCUT2D eigenvalue weighted by atomic mass is 9.97. The molecular weight excluding hydrogens is 122 g/mol. The van der Waals surface area contributed by atoms with Crippen LogP contribution < -0.4 is 5.32 Å². The standard InChI is InChI=1S/C9H17N/c1-6-8(2)10-7-9(3,4)5/h6,10H,1-2,7H2,3-5H3. The third-order valence-corrected chi connectivity index (χ3v) is 1.09. The van der Waals surface area contributed by atoms with E-state index in [1.54, 1.807) is 6.08 Å². The van der Waals surface area contributed by atoms with Crippen molar-refractivity contribution in [3.05, 3.63) is 24.9 Å². The maximum absolute atomic E-state index is 3.75. The third-order valence-electron chi connectivity index (χ3n) is 1.09. The Kier molecular flexibility index (Phi) is 3.20. The van der Waals surface area contributed by atoms with Crippen molar-refractivity contribution >= 4 is 0 Å². The van der Waals surface area contributed by atoms with Gasteiger partial charge in [-0.3, -0.25) is 0 Å². The second kappa shape index (κ2) is 3.45. The van der Waals surface area contributed by atoms with Gasteiger partial charge < -0.3 is 5.32 Å². The molecule has 1 heteroatoms. The second-order valence-electron chi connectivity index (χ2n) is 3.64. The van der Waals surface area contributed by atoms with E-state index in [1.807, 2.05) is 0 Å². The zero-order valence-electron chi connectivity index (χ0n) is 7.20. The Balaban J connectivity index is 3.55. The van der Waals surface area contributed by atoms with Crippen molar-refractivity contribution in [3.8, 4) is 0 Å². The highest BCUT2D eigenvalue weighted by atomic mass is 14.9. The summed E-state index contributed by atoms with van der Waals surface area (Å²) in [4.78, 5) is 0. The highest BCUT2D eigenvalue weighted by molar-refractivity contribution is 5.08. The zero-order chi connectivity index (χ0) is 8.20. The molecule has 0 bridgehead atoms. The van der Waals surface area contributed by atoms with Gasteiger partial charge in [0.25, 0.3) is 0 Å². The Labute approximate surface area is 63.8 Å². The van der Waals surface area contributed by atoms with E-state index >= 15 is 0 Å². The number of allylic oxidation sites excluding steroid dienone is 1. The van der Waals surface area contributed by atoms with E-state index in [1.165, 1.54) is 0 Å². The molecule has 0 fully saturated rings. The van der Waals surface area contributed by atoms with Crippen LogP contribution in [0.2, 0.25) is 0 Å². The zero-order valence-corrected chi connectivity index (χ0v) is 7.20. The van der Waals surface area contributed by atoms with E-state index in [4.69, 9.17) is 0 Å². The Morgan fingerprint density at radius 1 is 1.50 bits per heavy atom. The Hall–Kier alpha value is -0.720.